The van der Waals surface area contributed by atoms with Crippen LogP contribution >= 0.6 is 12.4 Å². The van der Waals surface area contributed by atoms with Crippen molar-refractivity contribution in [3.63, 3.8) is 0 Å². The van der Waals surface area contributed by atoms with Gasteiger partial charge < -0.3 is 21.1 Å². The first-order valence-electron chi connectivity index (χ1n) is 2.21. The average Bonchev–Trinajstić information content (AvgIpc) is 1.69. The van der Waals surface area contributed by atoms with Crippen molar-refractivity contribution in [2.75, 3.05) is 26.4 Å². The van der Waals surface area contributed by atoms with Crippen LogP contribution in [0.25, 0.3) is 0 Å². The molecule has 60 valence electrons. The number of aliphatic hydroxyl groups excluding tert-OH is 2. The molecule has 0 aromatic carbocycles. The van der Waals surface area contributed by atoms with Gasteiger partial charge in [0.2, 0.25) is 0 Å². The zero-order valence-electron chi connectivity index (χ0n) is 5.25. The van der Waals surface area contributed by atoms with E-state index in [2.05, 4.69) is 4.74 Å². The Labute approximate surface area is 60.8 Å². The molecule has 0 aromatic rings. The monoisotopic (exact) mass is 159 g/mol. The predicted octanol–water partition coefficient (Wildman–Crippen LogP) is -0.429. The quantitative estimate of drug-likeness (QED) is 0.486. The lowest BCUT2D eigenvalue weighted by Gasteiger charge is -1.94. The molecule has 4 nitrogen and oxygen atoms in total. The van der Waals surface area contributed by atoms with Crippen LogP contribution in [0.2, 0.25) is 0 Å². The van der Waals surface area contributed by atoms with E-state index in [0.717, 1.165) is 0 Å². The van der Waals surface area contributed by atoms with Crippen molar-refractivity contribution in [1.82, 2.24) is 6.15 Å². The van der Waals surface area contributed by atoms with Crippen molar-refractivity contribution in [3.05, 3.63) is 0 Å². The van der Waals surface area contributed by atoms with Gasteiger partial charge in [-0.1, -0.05) is 0 Å². The van der Waals surface area contributed by atoms with Gasteiger partial charge in [0.25, 0.3) is 0 Å². The van der Waals surface area contributed by atoms with Crippen LogP contribution < -0.4 is 6.15 Å². The molecule has 9 heavy (non-hydrogen) atoms. The molecule has 0 aliphatic heterocycles. The number of aliphatic hydroxyl groups is 2. The van der Waals surface area contributed by atoms with Gasteiger partial charge in [0.15, 0.2) is 0 Å². The van der Waals surface area contributed by atoms with Crippen LogP contribution in [-0.4, -0.2) is 36.6 Å². The van der Waals surface area contributed by atoms with Crippen LogP contribution in [-0.2, 0) is 4.74 Å². The summed E-state index contributed by atoms with van der Waals surface area (Å²) in [6.07, 6.45) is 0. The molecule has 0 heterocycles. The Balaban J connectivity index is -0.000000180. The van der Waals surface area contributed by atoms with E-state index in [1.54, 1.807) is 0 Å². The normalized spacial score (nSPS) is 7.33. The third kappa shape index (κ3) is 17.9. The Morgan fingerprint density at radius 3 is 1.56 bits per heavy atom. The summed E-state index contributed by atoms with van der Waals surface area (Å²) in [6.45, 7) is 0.696. The third-order valence-electron chi connectivity index (χ3n) is 0.471. The van der Waals surface area contributed by atoms with Crippen molar-refractivity contribution in [3.8, 4) is 0 Å². The second-order valence-electron chi connectivity index (χ2n) is 1.06. The van der Waals surface area contributed by atoms with E-state index in [9.17, 15) is 0 Å². The highest BCUT2D eigenvalue weighted by atomic mass is 35.5. The summed E-state index contributed by atoms with van der Waals surface area (Å²) in [5, 5.41) is 16.2. The van der Waals surface area contributed by atoms with Gasteiger partial charge in [-0.2, -0.15) is 0 Å². The summed E-state index contributed by atoms with van der Waals surface area (Å²) in [4.78, 5) is 0. The molecule has 0 aliphatic carbocycles. The summed E-state index contributed by atoms with van der Waals surface area (Å²) in [5.74, 6) is 0. The molecule has 0 radical (unpaired) electrons. The maximum Gasteiger partial charge on any atom is 0.0698 e. The number of ether oxygens (including phenoxy) is 1. The fraction of sp³-hybridized carbons (Fsp3) is 1.00. The fourth-order valence-electron chi connectivity index (χ4n) is 0.231. The highest BCUT2D eigenvalue weighted by Crippen LogP contribution is 1.68. The smallest absolute Gasteiger partial charge is 0.0698 e. The van der Waals surface area contributed by atoms with Gasteiger partial charge in [0.1, 0.15) is 0 Å². The first-order valence-corrected chi connectivity index (χ1v) is 2.21. The second kappa shape index (κ2) is 15.7. The van der Waals surface area contributed by atoms with Crippen LogP contribution in [0.5, 0.6) is 0 Å². The van der Waals surface area contributed by atoms with Gasteiger partial charge in [-0.05, 0) is 0 Å². The molecule has 0 saturated carbocycles. The van der Waals surface area contributed by atoms with Gasteiger partial charge in [-0.25, -0.2) is 0 Å². The van der Waals surface area contributed by atoms with Crippen molar-refractivity contribution in [2.24, 2.45) is 0 Å². The SMILES string of the molecule is Cl.N.OCCOCCO. The Bertz CT molecular complexity index is 35.0. The molecule has 0 unspecified atom stereocenters. The molecule has 0 aliphatic rings. The first-order chi connectivity index (χ1) is 3.41. The number of hydrogen-bond donors (Lipinski definition) is 3. The number of rotatable bonds is 4. The number of hydrogen-bond acceptors (Lipinski definition) is 4. The third-order valence-corrected chi connectivity index (χ3v) is 0.471. The van der Waals surface area contributed by atoms with E-state index in [4.69, 9.17) is 10.2 Å². The van der Waals surface area contributed by atoms with E-state index in [1.165, 1.54) is 0 Å². The van der Waals surface area contributed by atoms with Crippen molar-refractivity contribution < 1.29 is 14.9 Å². The molecule has 0 bridgehead atoms. The average molecular weight is 160 g/mol. The van der Waals surface area contributed by atoms with Crippen LogP contribution in [0.1, 0.15) is 0 Å². The Morgan fingerprint density at radius 2 is 1.33 bits per heavy atom. The van der Waals surface area contributed by atoms with E-state index in [1.807, 2.05) is 0 Å². The lowest BCUT2D eigenvalue weighted by atomic mass is 10.7. The molecule has 5 heteroatoms. The number of halogens is 1. The van der Waals surface area contributed by atoms with Crippen molar-refractivity contribution in [2.45, 2.75) is 0 Å². The zero-order valence-corrected chi connectivity index (χ0v) is 6.06. The van der Waals surface area contributed by atoms with Gasteiger partial charge in [0.05, 0.1) is 26.4 Å². The molecule has 0 rings (SSSR count). The van der Waals surface area contributed by atoms with E-state index < -0.39 is 0 Å². The maximum atomic E-state index is 8.09. The van der Waals surface area contributed by atoms with Gasteiger partial charge in [-0.15, -0.1) is 12.4 Å². The Kier molecular flexibility index (Phi) is 28.0. The fourth-order valence-corrected chi connectivity index (χ4v) is 0.231. The molecular formula is C4H14ClNO3. The summed E-state index contributed by atoms with van der Waals surface area (Å²) in [7, 11) is 0. The molecule has 0 fully saturated rings. The lowest BCUT2D eigenvalue weighted by Crippen LogP contribution is -2.03. The summed E-state index contributed by atoms with van der Waals surface area (Å²) in [5.41, 5.74) is 0. The Hall–Kier alpha value is 0.130. The van der Waals surface area contributed by atoms with E-state index >= 15 is 0 Å². The summed E-state index contributed by atoms with van der Waals surface area (Å²) < 4.78 is 4.63. The van der Waals surface area contributed by atoms with Gasteiger partial charge in [0, 0.05) is 0 Å². The van der Waals surface area contributed by atoms with Crippen LogP contribution in [0, 0.1) is 0 Å². The summed E-state index contributed by atoms with van der Waals surface area (Å²) >= 11 is 0. The van der Waals surface area contributed by atoms with Crippen LogP contribution in [0.15, 0.2) is 0 Å². The highest BCUT2D eigenvalue weighted by molar-refractivity contribution is 5.85. The largest absolute Gasteiger partial charge is 0.394 e. The van der Waals surface area contributed by atoms with Gasteiger partial charge >= 0.3 is 0 Å². The second-order valence-corrected chi connectivity index (χ2v) is 1.06. The van der Waals surface area contributed by atoms with Crippen LogP contribution in [0.4, 0.5) is 0 Å². The molecular weight excluding hydrogens is 146 g/mol. The molecule has 5 N–H and O–H groups in total. The topological polar surface area (TPSA) is 84.7 Å². The van der Waals surface area contributed by atoms with Crippen LogP contribution in [0.3, 0.4) is 0 Å². The first kappa shape index (κ1) is 16.1. The van der Waals surface area contributed by atoms with E-state index in [0.29, 0.717) is 13.2 Å². The minimum atomic E-state index is 0. The maximum absolute atomic E-state index is 8.09. The minimum Gasteiger partial charge on any atom is -0.394 e. The lowest BCUT2D eigenvalue weighted by molar-refractivity contribution is 0.0650. The summed E-state index contributed by atoms with van der Waals surface area (Å²) in [6, 6.07) is 0. The molecule has 0 atom stereocenters. The van der Waals surface area contributed by atoms with Gasteiger partial charge in [-0.3, -0.25) is 0 Å². The highest BCUT2D eigenvalue weighted by Gasteiger charge is 1.79. The zero-order chi connectivity index (χ0) is 5.54. The Morgan fingerprint density at radius 1 is 1.00 bits per heavy atom. The molecule has 0 amide bonds. The standard InChI is InChI=1S/C4H10O3.ClH.H3N/c5-1-3-7-4-2-6;;/h5-6H,1-4H2;1H;1H3. The minimum absolute atomic E-state index is 0. The van der Waals surface area contributed by atoms with Crippen molar-refractivity contribution >= 4 is 12.4 Å². The molecule has 0 aromatic heterocycles. The van der Waals surface area contributed by atoms with Crippen molar-refractivity contribution in [1.29, 1.82) is 0 Å². The molecule has 0 spiro atoms. The van der Waals surface area contributed by atoms with E-state index in [-0.39, 0.29) is 31.8 Å². The molecule has 0 saturated heterocycles. The predicted molar refractivity (Wildman–Crippen MR) is 37.3 cm³/mol.